The van der Waals surface area contributed by atoms with Crippen molar-refractivity contribution in [3.05, 3.63) is 76.1 Å². The molecule has 0 aliphatic carbocycles. The molecule has 0 saturated carbocycles. The van der Waals surface area contributed by atoms with Gasteiger partial charge >= 0.3 is 0 Å². The predicted molar refractivity (Wildman–Crippen MR) is 114 cm³/mol. The predicted octanol–water partition coefficient (Wildman–Crippen LogP) is 2.71. The van der Waals surface area contributed by atoms with E-state index in [1.165, 1.54) is 6.07 Å². The molecule has 2 N–H and O–H groups in total. The topological polar surface area (TPSA) is 91.3 Å². The van der Waals surface area contributed by atoms with Gasteiger partial charge in [0.25, 0.3) is 5.56 Å². The zero-order valence-corrected chi connectivity index (χ0v) is 17.0. The van der Waals surface area contributed by atoms with Crippen molar-refractivity contribution in [1.29, 1.82) is 0 Å². The number of methoxy groups -OCH3 is 1. The van der Waals surface area contributed by atoms with E-state index in [9.17, 15) is 9.90 Å². The molecule has 1 atom stereocenters. The summed E-state index contributed by atoms with van der Waals surface area (Å²) in [5.74, 6) is 1.61. The molecule has 1 saturated heterocycles. The zero-order chi connectivity index (χ0) is 20.9. The van der Waals surface area contributed by atoms with Crippen molar-refractivity contribution in [2.45, 2.75) is 31.9 Å². The van der Waals surface area contributed by atoms with E-state index < -0.39 is 0 Å². The lowest BCUT2D eigenvalue weighted by atomic mass is 9.96. The molecule has 156 valence electrons. The first kappa shape index (κ1) is 20.3. The van der Waals surface area contributed by atoms with Gasteiger partial charge in [-0.3, -0.25) is 14.7 Å². The summed E-state index contributed by atoms with van der Waals surface area (Å²) >= 11 is 0. The molecular formula is C23H26N4O3. The number of hydrogen-bond acceptors (Lipinski definition) is 6. The fraction of sp³-hybridized carbons (Fsp3) is 0.348. The van der Waals surface area contributed by atoms with Crippen molar-refractivity contribution in [2.75, 3.05) is 20.2 Å². The number of hydrogen-bond donors (Lipinski definition) is 2. The van der Waals surface area contributed by atoms with Gasteiger partial charge in [-0.25, -0.2) is 4.98 Å². The van der Waals surface area contributed by atoms with Crippen LogP contribution in [-0.2, 0) is 13.2 Å². The SMILES string of the molecule is COc1ccc(CN2CCCC(c3nc(-c4ccncc4)cc(=O)[nH]3)C2)cc1CO. The van der Waals surface area contributed by atoms with Gasteiger partial charge in [0.2, 0.25) is 0 Å². The highest BCUT2D eigenvalue weighted by Crippen LogP contribution is 2.27. The van der Waals surface area contributed by atoms with Gasteiger partial charge in [0.15, 0.2) is 0 Å². The van der Waals surface area contributed by atoms with Gasteiger partial charge in [-0.1, -0.05) is 6.07 Å². The molecule has 3 heterocycles. The maximum absolute atomic E-state index is 12.3. The standard InChI is InChI=1S/C23H26N4O3/c1-30-21-5-4-16(11-19(21)15-28)13-27-10-2-3-18(14-27)23-25-20(12-22(29)26-23)17-6-8-24-9-7-17/h4-9,11-12,18,28H,2-3,10,13-15H2,1H3,(H,25,26,29). The second-order valence-electron chi connectivity index (χ2n) is 7.63. The Labute approximate surface area is 175 Å². The van der Waals surface area contributed by atoms with Crippen LogP contribution in [-0.4, -0.2) is 45.2 Å². The minimum atomic E-state index is -0.133. The van der Waals surface area contributed by atoms with Crippen molar-refractivity contribution in [3.8, 4) is 17.0 Å². The van der Waals surface area contributed by atoms with Gasteiger partial charge in [0.1, 0.15) is 11.6 Å². The number of H-pyrrole nitrogens is 1. The Morgan fingerprint density at radius 2 is 2.07 bits per heavy atom. The summed E-state index contributed by atoms with van der Waals surface area (Å²) < 4.78 is 5.30. The van der Waals surface area contributed by atoms with Crippen LogP contribution >= 0.6 is 0 Å². The summed E-state index contributed by atoms with van der Waals surface area (Å²) in [6.45, 7) is 2.54. The highest BCUT2D eigenvalue weighted by Gasteiger charge is 2.24. The van der Waals surface area contributed by atoms with Crippen molar-refractivity contribution in [3.63, 3.8) is 0 Å². The van der Waals surface area contributed by atoms with Gasteiger partial charge < -0.3 is 14.8 Å². The van der Waals surface area contributed by atoms with E-state index in [1.54, 1.807) is 19.5 Å². The fourth-order valence-corrected chi connectivity index (χ4v) is 4.07. The molecule has 1 aliphatic heterocycles. The average molecular weight is 406 g/mol. The normalized spacial score (nSPS) is 17.1. The molecule has 7 heteroatoms. The molecule has 0 radical (unpaired) electrons. The van der Waals surface area contributed by atoms with Crippen LogP contribution in [0.5, 0.6) is 5.75 Å². The summed E-state index contributed by atoms with van der Waals surface area (Å²) in [5.41, 5.74) is 3.36. The Hall–Kier alpha value is -3.03. The minimum absolute atomic E-state index is 0.0490. The molecule has 1 fully saturated rings. The summed E-state index contributed by atoms with van der Waals surface area (Å²) in [6.07, 6.45) is 5.44. The molecule has 3 aromatic rings. The number of ether oxygens (including phenoxy) is 1. The van der Waals surface area contributed by atoms with Crippen LogP contribution in [0, 0.1) is 0 Å². The average Bonchev–Trinajstić information content (AvgIpc) is 2.79. The van der Waals surface area contributed by atoms with E-state index in [2.05, 4.69) is 14.9 Å². The van der Waals surface area contributed by atoms with Crippen molar-refractivity contribution in [2.24, 2.45) is 0 Å². The van der Waals surface area contributed by atoms with E-state index in [-0.39, 0.29) is 18.1 Å². The lowest BCUT2D eigenvalue weighted by molar-refractivity contribution is 0.196. The first-order valence-electron chi connectivity index (χ1n) is 10.2. The number of nitrogens with one attached hydrogen (secondary N) is 1. The molecule has 1 aliphatic rings. The number of piperidine rings is 1. The number of aromatic amines is 1. The Morgan fingerprint density at radius 1 is 1.23 bits per heavy atom. The smallest absolute Gasteiger partial charge is 0.251 e. The highest BCUT2D eigenvalue weighted by atomic mass is 16.5. The number of nitrogens with zero attached hydrogens (tertiary/aromatic N) is 3. The van der Waals surface area contributed by atoms with E-state index in [0.29, 0.717) is 11.4 Å². The third-order valence-corrected chi connectivity index (χ3v) is 5.55. The Bertz CT molecular complexity index is 1050. The second kappa shape index (κ2) is 9.19. The molecule has 1 aromatic carbocycles. The lowest BCUT2D eigenvalue weighted by Crippen LogP contribution is -2.35. The number of pyridine rings is 1. The van der Waals surface area contributed by atoms with Crippen LogP contribution < -0.4 is 10.3 Å². The monoisotopic (exact) mass is 406 g/mol. The number of benzene rings is 1. The van der Waals surface area contributed by atoms with Crippen LogP contribution in [0.15, 0.2) is 53.6 Å². The van der Waals surface area contributed by atoms with Crippen molar-refractivity contribution < 1.29 is 9.84 Å². The number of aliphatic hydroxyl groups is 1. The second-order valence-corrected chi connectivity index (χ2v) is 7.63. The molecular weight excluding hydrogens is 380 g/mol. The van der Waals surface area contributed by atoms with E-state index in [0.717, 1.165) is 55.0 Å². The molecule has 4 rings (SSSR count). The van der Waals surface area contributed by atoms with Crippen LogP contribution in [0.1, 0.15) is 35.7 Å². The summed E-state index contributed by atoms with van der Waals surface area (Å²) in [7, 11) is 1.61. The molecule has 0 amide bonds. The summed E-state index contributed by atoms with van der Waals surface area (Å²) in [4.78, 5) is 26.4. The third kappa shape index (κ3) is 4.58. The molecule has 7 nitrogen and oxygen atoms in total. The molecule has 0 spiro atoms. The molecule has 30 heavy (non-hydrogen) atoms. The number of likely N-dealkylation sites (tertiary alicyclic amines) is 1. The van der Waals surface area contributed by atoms with E-state index >= 15 is 0 Å². The molecule has 0 bridgehead atoms. The van der Waals surface area contributed by atoms with Gasteiger partial charge in [-0.2, -0.15) is 0 Å². The minimum Gasteiger partial charge on any atom is -0.496 e. The highest BCUT2D eigenvalue weighted by molar-refractivity contribution is 5.57. The van der Waals surface area contributed by atoms with E-state index in [4.69, 9.17) is 9.72 Å². The molecule has 2 aromatic heterocycles. The zero-order valence-electron chi connectivity index (χ0n) is 17.0. The fourth-order valence-electron chi connectivity index (χ4n) is 4.07. The van der Waals surface area contributed by atoms with Crippen LogP contribution in [0.25, 0.3) is 11.3 Å². The Morgan fingerprint density at radius 3 is 2.83 bits per heavy atom. The lowest BCUT2D eigenvalue weighted by Gasteiger charge is -2.32. The maximum Gasteiger partial charge on any atom is 0.251 e. The van der Waals surface area contributed by atoms with Gasteiger partial charge in [0.05, 0.1) is 19.4 Å². The Balaban J connectivity index is 1.52. The van der Waals surface area contributed by atoms with Crippen molar-refractivity contribution >= 4 is 0 Å². The first-order valence-corrected chi connectivity index (χ1v) is 10.2. The Kier molecular flexibility index (Phi) is 6.21. The van der Waals surface area contributed by atoms with E-state index in [1.807, 2.05) is 30.3 Å². The van der Waals surface area contributed by atoms with Crippen LogP contribution in [0.2, 0.25) is 0 Å². The largest absolute Gasteiger partial charge is 0.496 e. The quantitative estimate of drug-likeness (QED) is 0.654. The number of aliphatic hydroxyl groups excluding tert-OH is 1. The molecule has 1 unspecified atom stereocenters. The third-order valence-electron chi connectivity index (χ3n) is 5.55. The van der Waals surface area contributed by atoms with Crippen LogP contribution in [0.4, 0.5) is 0 Å². The van der Waals surface area contributed by atoms with Gasteiger partial charge in [0, 0.05) is 48.6 Å². The van der Waals surface area contributed by atoms with Gasteiger partial charge in [-0.15, -0.1) is 0 Å². The summed E-state index contributed by atoms with van der Waals surface area (Å²) in [5, 5.41) is 9.58. The number of rotatable bonds is 6. The number of aromatic nitrogens is 3. The maximum atomic E-state index is 12.3. The summed E-state index contributed by atoms with van der Waals surface area (Å²) in [6, 6.07) is 11.2. The van der Waals surface area contributed by atoms with Gasteiger partial charge in [-0.05, 0) is 49.2 Å². The van der Waals surface area contributed by atoms with Crippen molar-refractivity contribution in [1.82, 2.24) is 19.9 Å². The first-order chi connectivity index (χ1) is 14.7. The van der Waals surface area contributed by atoms with Crippen LogP contribution in [0.3, 0.4) is 0 Å².